The molecule has 0 saturated carbocycles. The number of aryl methyl sites for hydroxylation is 1. The van der Waals surface area contributed by atoms with Crippen molar-refractivity contribution in [3.8, 4) is 0 Å². The standard InChI is InChI=1S/C26H22ClNO3/c1-17-7-9-20(10-8-17)24(29)22-23(19-11-13-21(27)14-12-19)28(26(31)25(22)30)16-15-18-5-3-2-4-6-18/h2-14,23,29H,15-16H2,1H3/t23-/m1/s1. The zero-order chi connectivity index (χ0) is 22.0. The molecule has 0 aliphatic carbocycles. The van der Waals surface area contributed by atoms with Gasteiger partial charge >= 0.3 is 0 Å². The third kappa shape index (κ3) is 4.25. The van der Waals surface area contributed by atoms with Gasteiger partial charge in [-0.15, -0.1) is 0 Å². The maximum Gasteiger partial charge on any atom is 0.295 e. The monoisotopic (exact) mass is 431 g/mol. The summed E-state index contributed by atoms with van der Waals surface area (Å²) >= 11 is 6.05. The molecule has 1 N–H and O–H groups in total. The summed E-state index contributed by atoms with van der Waals surface area (Å²) in [6.07, 6.45) is 0.600. The Labute approximate surface area is 186 Å². The van der Waals surface area contributed by atoms with E-state index in [1.54, 1.807) is 36.4 Å². The van der Waals surface area contributed by atoms with Gasteiger partial charge in [-0.25, -0.2) is 0 Å². The SMILES string of the molecule is Cc1ccc(C(O)=C2C(=O)C(=O)N(CCc3ccccc3)[C@@H]2c2ccc(Cl)cc2)cc1. The summed E-state index contributed by atoms with van der Waals surface area (Å²) in [5.41, 5.74) is 3.44. The van der Waals surface area contributed by atoms with Crippen molar-refractivity contribution < 1.29 is 14.7 Å². The lowest BCUT2D eigenvalue weighted by atomic mass is 9.95. The number of likely N-dealkylation sites (tertiary alicyclic amines) is 1. The van der Waals surface area contributed by atoms with Crippen LogP contribution in [0.5, 0.6) is 0 Å². The lowest BCUT2D eigenvalue weighted by Gasteiger charge is -2.25. The van der Waals surface area contributed by atoms with Crippen LogP contribution in [0.4, 0.5) is 0 Å². The van der Waals surface area contributed by atoms with Gasteiger partial charge in [-0.1, -0.05) is 83.9 Å². The maximum atomic E-state index is 13.0. The van der Waals surface area contributed by atoms with Crippen LogP contribution in [0.25, 0.3) is 5.76 Å². The van der Waals surface area contributed by atoms with E-state index < -0.39 is 17.7 Å². The van der Waals surface area contributed by atoms with Crippen LogP contribution in [-0.4, -0.2) is 28.2 Å². The first-order chi connectivity index (χ1) is 15.0. The Morgan fingerprint density at radius 3 is 2.23 bits per heavy atom. The van der Waals surface area contributed by atoms with Gasteiger partial charge in [-0.2, -0.15) is 0 Å². The molecule has 1 amide bonds. The van der Waals surface area contributed by atoms with E-state index in [0.717, 1.165) is 16.7 Å². The third-order valence-corrected chi connectivity index (χ3v) is 5.79. The van der Waals surface area contributed by atoms with E-state index in [2.05, 4.69) is 0 Å². The molecule has 1 aliphatic heterocycles. The molecular weight excluding hydrogens is 410 g/mol. The number of amides is 1. The molecule has 1 atom stereocenters. The zero-order valence-corrected chi connectivity index (χ0v) is 17.8. The number of Topliss-reactive ketones (excluding diaryl/α,β-unsaturated/α-hetero) is 1. The van der Waals surface area contributed by atoms with Crippen molar-refractivity contribution in [2.45, 2.75) is 19.4 Å². The number of carbonyl (C=O) groups excluding carboxylic acids is 2. The molecule has 0 unspecified atom stereocenters. The molecule has 0 aromatic heterocycles. The molecule has 1 aliphatic rings. The number of carbonyl (C=O) groups is 2. The maximum absolute atomic E-state index is 13.0. The number of hydrogen-bond acceptors (Lipinski definition) is 3. The minimum Gasteiger partial charge on any atom is -0.507 e. The normalized spacial score (nSPS) is 17.9. The van der Waals surface area contributed by atoms with Gasteiger partial charge < -0.3 is 10.0 Å². The van der Waals surface area contributed by atoms with E-state index in [9.17, 15) is 14.7 Å². The van der Waals surface area contributed by atoms with Crippen molar-refractivity contribution in [2.75, 3.05) is 6.54 Å². The highest BCUT2D eigenvalue weighted by Gasteiger charge is 2.45. The van der Waals surface area contributed by atoms with E-state index in [4.69, 9.17) is 11.6 Å². The Hall–Kier alpha value is -3.37. The zero-order valence-electron chi connectivity index (χ0n) is 17.1. The van der Waals surface area contributed by atoms with Crippen molar-refractivity contribution >= 4 is 29.1 Å². The fourth-order valence-corrected chi connectivity index (χ4v) is 3.99. The number of benzene rings is 3. The fourth-order valence-electron chi connectivity index (χ4n) is 3.86. The fraction of sp³-hybridized carbons (Fsp3) is 0.154. The topological polar surface area (TPSA) is 57.6 Å². The number of hydrogen-bond donors (Lipinski definition) is 1. The molecule has 3 aromatic rings. The van der Waals surface area contributed by atoms with Crippen molar-refractivity contribution in [1.29, 1.82) is 0 Å². The Bertz CT molecular complexity index is 1140. The largest absolute Gasteiger partial charge is 0.507 e. The number of nitrogens with zero attached hydrogens (tertiary/aromatic N) is 1. The molecule has 4 nitrogen and oxygen atoms in total. The molecule has 1 fully saturated rings. The van der Waals surface area contributed by atoms with Gasteiger partial charge in [0, 0.05) is 17.1 Å². The summed E-state index contributed by atoms with van der Waals surface area (Å²) in [5, 5.41) is 11.6. The van der Waals surface area contributed by atoms with Crippen molar-refractivity contribution in [2.24, 2.45) is 0 Å². The van der Waals surface area contributed by atoms with Gasteiger partial charge in [0.1, 0.15) is 5.76 Å². The Balaban J connectivity index is 1.78. The van der Waals surface area contributed by atoms with Crippen LogP contribution in [0.1, 0.15) is 28.3 Å². The first kappa shape index (κ1) is 20.9. The molecule has 1 heterocycles. The summed E-state index contributed by atoms with van der Waals surface area (Å²) in [7, 11) is 0. The van der Waals surface area contributed by atoms with Crippen molar-refractivity contribution in [1.82, 2.24) is 4.90 Å². The van der Waals surface area contributed by atoms with E-state index in [1.807, 2.05) is 49.4 Å². The van der Waals surface area contributed by atoms with Crippen molar-refractivity contribution in [3.05, 3.63) is 112 Å². The first-order valence-electron chi connectivity index (χ1n) is 10.1. The molecule has 0 spiro atoms. The summed E-state index contributed by atoms with van der Waals surface area (Å²) in [4.78, 5) is 27.5. The Morgan fingerprint density at radius 1 is 0.935 bits per heavy atom. The predicted molar refractivity (Wildman–Crippen MR) is 122 cm³/mol. The minimum absolute atomic E-state index is 0.101. The molecule has 3 aromatic carbocycles. The highest BCUT2D eigenvalue weighted by atomic mass is 35.5. The summed E-state index contributed by atoms with van der Waals surface area (Å²) in [6.45, 7) is 2.30. The van der Waals surface area contributed by atoms with E-state index >= 15 is 0 Å². The van der Waals surface area contributed by atoms with Gasteiger partial charge in [0.05, 0.1) is 11.6 Å². The molecule has 1 saturated heterocycles. The lowest BCUT2D eigenvalue weighted by molar-refractivity contribution is -0.139. The van der Waals surface area contributed by atoms with Crippen LogP contribution in [-0.2, 0) is 16.0 Å². The van der Waals surface area contributed by atoms with E-state index in [-0.39, 0.29) is 11.3 Å². The quantitative estimate of drug-likeness (QED) is 0.338. The summed E-state index contributed by atoms with van der Waals surface area (Å²) in [6, 6.07) is 23.4. The molecule has 156 valence electrons. The Morgan fingerprint density at radius 2 is 1.58 bits per heavy atom. The number of aliphatic hydroxyl groups excluding tert-OH is 1. The van der Waals surface area contributed by atoms with E-state index in [0.29, 0.717) is 23.6 Å². The number of halogens is 1. The van der Waals surface area contributed by atoms with Gasteiger partial charge in [0.2, 0.25) is 0 Å². The van der Waals surface area contributed by atoms with E-state index in [1.165, 1.54) is 4.90 Å². The van der Waals surface area contributed by atoms with Gasteiger partial charge in [-0.3, -0.25) is 9.59 Å². The second-order valence-corrected chi connectivity index (χ2v) is 8.08. The number of rotatable bonds is 5. The number of ketones is 1. The molecule has 0 bridgehead atoms. The van der Waals surface area contributed by atoms with Crippen molar-refractivity contribution in [3.63, 3.8) is 0 Å². The highest BCUT2D eigenvalue weighted by molar-refractivity contribution is 6.46. The van der Waals surface area contributed by atoms with Gasteiger partial charge in [0.15, 0.2) is 0 Å². The molecule has 5 heteroatoms. The first-order valence-corrected chi connectivity index (χ1v) is 10.5. The third-order valence-electron chi connectivity index (χ3n) is 5.53. The van der Waals surface area contributed by atoms with Crippen LogP contribution in [0.15, 0.2) is 84.4 Å². The second kappa shape index (κ2) is 8.78. The average molecular weight is 432 g/mol. The van der Waals surface area contributed by atoms with Crippen LogP contribution in [0.2, 0.25) is 5.02 Å². The second-order valence-electron chi connectivity index (χ2n) is 7.65. The van der Waals surface area contributed by atoms with Crippen LogP contribution in [0.3, 0.4) is 0 Å². The summed E-state index contributed by atoms with van der Waals surface area (Å²) < 4.78 is 0. The molecular formula is C26H22ClNO3. The van der Waals surface area contributed by atoms with Crippen LogP contribution >= 0.6 is 11.6 Å². The highest BCUT2D eigenvalue weighted by Crippen LogP contribution is 2.39. The minimum atomic E-state index is -0.678. The van der Waals surface area contributed by atoms with Crippen LogP contribution in [0, 0.1) is 6.92 Å². The van der Waals surface area contributed by atoms with Gasteiger partial charge in [-0.05, 0) is 36.6 Å². The molecule has 0 radical (unpaired) electrons. The average Bonchev–Trinajstić information content (AvgIpc) is 3.04. The van der Waals surface area contributed by atoms with Gasteiger partial charge in [0.25, 0.3) is 11.7 Å². The number of aliphatic hydroxyl groups is 1. The van der Waals surface area contributed by atoms with Crippen LogP contribution < -0.4 is 0 Å². The summed E-state index contributed by atoms with van der Waals surface area (Å²) in [5.74, 6) is -1.45. The molecule has 4 rings (SSSR count). The predicted octanol–water partition coefficient (Wildman–Crippen LogP) is 5.31. The Kier molecular flexibility index (Phi) is 5.92. The smallest absolute Gasteiger partial charge is 0.295 e. The molecule has 31 heavy (non-hydrogen) atoms. The lowest BCUT2D eigenvalue weighted by Crippen LogP contribution is -2.31.